The molecule has 1 aliphatic rings. The Bertz CT molecular complexity index is 319. The van der Waals surface area contributed by atoms with Crippen LogP contribution >= 0.6 is 0 Å². The van der Waals surface area contributed by atoms with Gasteiger partial charge >= 0.3 is 0 Å². The standard InChI is InChI=1S/C11H16N2O/c12-8-5-6-11(10(13)7-8)14-9-3-1-2-4-9/h5-7,9H,1-4,12-13H2. The number of nitrogen functional groups attached to an aromatic ring is 2. The zero-order valence-electron chi connectivity index (χ0n) is 8.20. The third kappa shape index (κ3) is 1.92. The fourth-order valence-corrected chi connectivity index (χ4v) is 1.86. The maximum Gasteiger partial charge on any atom is 0.142 e. The highest BCUT2D eigenvalue weighted by molar-refractivity contribution is 5.60. The second-order valence-corrected chi connectivity index (χ2v) is 3.82. The van der Waals surface area contributed by atoms with E-state index in [1.54, 1.807) is 6.07 Å². The Balaban J connectivity index is 2.08. The van der Waals surface area contributed by atoms with E-state index in [4.69, 9.17) is 16.2 Å². The van der Waals surface area contributed by atoms with Gasteiger partial charge in [-0.3, -0.25) is 0 Å². The van der Waals surface area contributed by atoms with Crippen molar-refractivity contribution in [2.24, 2.45) is 0 Å². The summed E-state index contributed by atoms with van der Waals surface area (Å²) in [5.41, 5.74) is 12.7. The second kappa shape index (κ2) is 3.78. The molecule has 1 saturated carbocycles. The summed E-state index contributed by atoms with van der Waals surface area (Å²) in [6, 6.07) is 5.41. The zero-order chi connectivity index (χ0) is 9.97. The van der Waals surface area contributed by atoms with Gasteiger partial charge in [-0.05, 0) is 43.9 Å². The van der Waals surface area contributed by atoms with Crippen LogP contribution in [-0.4, -0.2) is 6.10 Å². The summed E-state index contributed by atoms with van der Waals surface area (Å²) in [5.74, 6) is 0.770. The maximum absolute atomic E-state index is 5.79. The van der Waals surface area contributed by atoms with Crippen LogP contribution in [-0.2, 0) is 0 Å². The summed E-state index contributed by atoms with van der Waals surface area (Å²) in [7, 11) is 0. The molecule has 0 atom stereocenters. The summed E-state index contributed by atoms with van der Waals surface area (Å²) in [4.78, 5) is 0. The van der Waals surface area contributed by atoms with E-state index in [0.717, 1.165) is 18.6 Å². The molecule has 0 saturated heterocycles. The Morgan fingerprint density at radius 1 is 1.14 bits per heavy atom. The van der Waals surface area contributed by atoms with Gasteiger partial charge in [0.2, 0.25) is 0 Å². The van der Waals surface area contributed by atoms with Crippen LogP contribution in [0.4, 0.5) is 11.4 Å². The number of ether oxygens (including phenoxy) is 1. The zero-order valence-corrected chi connectivity index (χ0v) is 8.20. The molecule has 76 valence electrons. The van der Waals surface area contributed by atoms with Gasteiger partial charge in [-0.15, -0.1) is 0 Å². The van der Waals surface area contributed by atoms with Crippen LogP contribution < -0.4 is 16.2 Å². The Morgan fingerprint density at radius 2 is 1.86 bits per heavy atom. The average molecular weight is 192 g/mol. The van der Waals surface area contributed by atoms with Crippen molar-refractivity contribution in [3.8, 4) is 5.75 Å². The van der Waals surface area contributed by atoms with Gasteiger partial charge < -0.3 is 16.2 Å². The third-order valence-corrected chi connectivity index (χ3v) is 2.63. The SMILES string of the molecule is Nc1ccc(OC2CCCC2)c(N)c1. The predicted octanol–water partition coefficient (Wildman–Crippen LogP) is 2.17. The number of rotatable bonds is 2. The number of hydrogen-bond donors (Lipinski definition) is 2. The van der Waals surface area contributed by atoms with Crippen LogP contribution in [0, 0.1) is 0 Å². The van der Waals surface area contributed by atoms with Crippen LogP contribution in [0.3, 0.4) is 0 Å². The highest BCUT2D eigenvalue weighted by Gasteiger charge is 2.17. The smallest absolute Gasteiger partial charge is 0.142 e. The molecule has 0 heterocycles. The Hall–Kier alpha value is -1.38. The van der Waals surface area contributed by atoms with E-state index in [1.165, 1.54) is 12.8 Å². The first kappa shape index (κ1) is 9.19. The molecular formula is C11H16N2O. The van der Waals surface area contributed by atoms with Crippen molar-refractivity contribution >= 4 is 11.4 Å². The molecule has 1 fully saturated rings. The monoisotopic (exact) mass is 192 g/mol. The van der Waals surface area contributed by atoms with E-state index in [9.17, 15) is 0 Å². The molecule has 1 aliphatic carbocycles. The molecule has 0 spiro atoms. The van der Waals surface area contributed by atoms with Gasteiger partial charge in [0.25, 0.3) is 0 Å². The van der Waals surface area contributed by atoms with Crippen LogP contribution in [0.2, 0.25) is 0 Å². The lowest BCUT2D eigenvalue weighted by Crippen LogP contribution is -2.12. The van der Waals surface area contributed by atoms with Crippen LogP contribution in [0.1, 0.15) is 25.7 Å². The van der Waals surface area contributed by atoms with E-state index in [-0.39, 0.29) is 0 Å². The van der Waals surface area contributed by atoms with Crippen molar-refractivity contribution in [2.45, 2.75) is 31.8 Å². The molecule has 14 heavy (non-hydrogen) atoms. The number of benzene rings is 1. The number of nitrogens with two attached hydrogens (primary N) is 2. The van der Waals surface area contributed by atoms with E-state index >= 15 is 0 Å². The van der Waals surface area contributed by atoms with Gasteiger partial charge in [-0.25, -0.2) is 0 Å². The van der Waals surface area contributed by atoms with Crippen molar-refractivity contribution in [1.29, 1.82) is 0 Å². The summed E-state index contributed by atoms with van der Waals surface area (Å²) in [5, 5.41) is 0. The van der Waals surface area contributed by atoms with Crippen molar-refractivity contribution in [2.75, 3.05) is 11.5 Å². The fraction of sp³-hybridized carbons (Fsp3) is 0.455. The molecular weight excluding hydrogens is 176 g/mol. The maximum atomic E-state index is 5.79. The third-order valence-electron chi connectivity index (χ3n) is 2.63. The molecule has 1 aromatic rings. The molecule has 0 aromatic heterocycles. The first-order valence-corrected chi connectivity index (χ1v) is 5.07. The molecule has 2 rings (SSSR count). The van der Waals surface area contributed by atoms with Gasteiger partial charge in [-0.2, -0.15) is 0 Å². The van der Waals surface area contributed by atoms with Gasteiger partial charge in [0.1, 0.15) is 5.75 Å². The quantitative estimate of drug-likeness (QED) is 0.706. The first-order chi connectivity index (χ1) is 6.75. The molecule has 4 N–H and O–H groups in total. The van der Waals surface area contributed by atoms with E-state index in [1.807, 2.05) is 12.1 Å². The predicted molar refractivity (Wildman–Crippen MR) is 58.2 cm³/mol. The minimum atomic E-state index is 0.348. The normalized spacial score (nSPS) is 17.1. The lowest BCUT2D eigenvalue weighted by atomic mass is 10.2. The van der Waals surface area contributed by atoms with Gasteiger partial charge in [-0.1, -0.05) is 0 Å². The summed E-state index contributed by atoms with van der Waals surface area (Å²) < 4.78 is 5.78. The van der Waals surface area contributed by atoms with Crippen molar-refractivity contribution in [1.82, 2.24) is 0 Å². The lowest BCUT2D eigenvalue weighted by molar-refractivity contribution is 0.211. The van der Waals surface area contributed by atoms with E-state index in [2.05, 4.69) is 0 Å². The molecule has 1 aromatic carbocycles. The molecule has 0 radical (unpaired) electrons. The van der Waals surface area contributed by atoms with Gasteiger partial charge in [0.15, 0.2) is 0 Å². The van der Waals surface area contributed by atoms with E-state index < -0.39 is 0 Å². The minimum absolute atomic E-state index is 0.348. The topological polar surface area (TPSA) is 61.3 Å². The molecule has 3 heteroatoms. The van der Waals surface area contributed by atoms with Crippen molar-refractivity contribution < 1.29 is 4.74 Å². The summed E-state index contributed by atoms with van der Waals surface area (Å²) in [6.07, 6.45) is 5.16. The van der Waals surface area contributed by atoms with Crippen molar-refractivity contribution in [3.63, 3.8) is 0 Å². The largest absolute Gasteiger partial charge is 0.488 e. The van der Waals surface area contributed by atoms with Crippen molar-refractivity contribution in [3.05, 3.63) is 18.2 Å². The molecule has 0 bridgehead atoms. The first-order valence-electron chi connectivity index (χ1n) is 5.07. The van der Waals surface area contributed by atoms with Gasteiger partial charge in [0, 0.05) is 5.69 Å². The molecule has 0 unspecified atom stereocenters. The Kier molecular flexibility index (Phi) is 2.48. The summed E-state index contributed by atoms with van der Waals surface area (Å²) in [6.45, 7) is 0. The highest BCUT2D eigenvalue weighted by Crippen LogP contribution is 2.29. The molecule has 3 nitrogen and oxygen atoms in total. The average Bonchev–Trinajstić information content (AvgIpc) is 2.62. The highest BCUT2D eigenvalue weighted by atomic mass is 16.5. The fourth-order valence-electron chi connectivity index (χ4n) is 1.86. The van der Waals surface area contributed by atoms with E-state index in [0.29, 0.717) is 17.5 Å². The second-order valence-electron chi connectivity index (χ2n) is 3.82. The number of hydrogen-bond acceptors (Lipinski definition) is 3. The van der Waals surface area contributed by atoms with Crippen LogP contribution in [0.5, 0.6) is 5.75 Å². The number of anilines is 2. The summed E-state index contributed by atoms with van der Waals surface area (Å²) >= 11 is 0. The molecule has 0 amide bonds. The van der Waals surface area contributed by atoms with Crippen LogP contribution in [0.25, 0.3) is 0 Å². The lowest BCUT2D eigenvalue weighted by Gasteiger charge is -2.14. The Labute approximate surface area is 84.0 Å². The van der Waals surface area contributed by atoms with Crippen LogP contribution in [0.15, 0.2) is 18.2 Å². The minimum Gasteiger partial charge on any atom is -0.488 e. The van der Waals surface area contributed by atoms with Gasteiger partial charge in [0.05, 0.1) is 11.8 Å². The Morgan fingerprint density at radius 3 is 2.50 bits per heavy atom. The molecule has 0 aliphatic heterocycles.